The highest BCUT2D eigenvalue weighted by Crippen LogP contribution is 2.38. The summed E-state index contributed by atoms with van der Waals surface area (Å²) in [5, 5.41) is 4.36. The summed E-state index contributed by atoms with van der Waals surface area (Å²) in [5.41, 5.74) is 2.83. The van der Waals surface area contributed by atoms with E-state index in [4.69, 9.17) is 14.2 Å². The smallest absolute Gasteiger partial charge is 0.416 e. The maximum atomic E-state index is 15.0. The van der Waals surface area contributed by atoms with E-state index in [0.29, 0.717) is 45.9 Å². The van der Waals surface area contributed by atoms with Crippen LogP contribution < -0.4 is 19.6 Å². The number of fused-ring (bicyclic) bond motifs is 1. The van der Waals surface area contributed by atoms with Crippen molar-refractivity contribution in [2.75, 3.05) is 33.4 Å². The van der Waals surface area contributed by atoms with E-state index in [1.807, 2.05) is 0 Å². The first-order valence-corrected chi connectivity index (χ1v) is 14.5. The Labute approximate surface area is 257 Å². The van der Waals surface area contributed by atoms with Gasteiger partial charge in [-0.1, -0.05) is 18.2 Å². The highest BCUT2D eigenvalue weighted by molar-refractivity contribution is 5.88. The Morgan fingerprint density at radius 2 is 1.78 bits per heavy atom. The van der Waals surface area contributed by atoms with Crippen molar-refractivity contribution < 1.29 is 36.6 Å². The van der Waals surface area contributed by atoms with E-state index in [-0.39, 0.29) is 12.2 Å². The Kier molecular flexibility index (Phi) is 10.1. The van der Waals surface area contributed by atoms with E-state index in [2.05, 4.69) is 20.4 Å². The van der Waals surface area contributed by atoms with Gasteiger partial charge in [-0.3, -0.25) is 9.78 Å². The molecule has 3 aromatic carbocycles. The van der Waals surface area contributed by atoms with E-state index in [9.17, 15) is 18.0 Å². The average Bonchev–Trinajstić information content (AvgIpc) is 3.54. The Morgan fingerprint density at radius 1 is 1.00 bits per heavy atom. The zero-order chi connectivity index (χ0) is 31.8. The number of amides is 1. The number of aromatic nitrogens is 1. The molecule has 0 spiro atoms. The summed E-state index contributed by atoms with van der Waals surface area (Å²) in [5.74, 6) is 0.169. The second-order valence-electron chi connectivity index (χ2n) is 10.5. The van der Waals surface area contributed by atoms with Gasteiger partial charge in [0.2, 0.25) is 5.91 Å². The fourth-order valence-electron chi connectivity index (χ4n) is 4.98. The summed E-state index contributed by atoms with van der Waals surface area (Å²) in [4.78, 5) is 19.1. The number of hydrogen-bond donors (Lipinski definition) is 1. The van der Waals surface area contributed by atoms with E-state index in [1.165, 1.54) is 43.3 Å². The van der Waals surface area contributed by atoms with Crippen LogP contribution in [0.15, 0.2) is 72.0 Å². The number of hydrogen-bond acceptors (Lipinski definition) is 7. The molecule has 12 heteroatoms. The number of rotatable bonds is 12. The lowest BCUT2D eigenvalue weighted by molar-refractivity contribution is -0.137. The van der Waals surface area contributed by atoms with Gasteiger partial charge < -0.3 is 19.1 Å². The lowest BCUT2D eigenvalue weighted by Crippen LogP contribution is -2.21. The maximum absolute atomic E-state index is 15.0. The van der Waals surface area contributed by atoms with Crippen LogP contribution in [0.4, 0.5) is 17.6 Å². The van der Waals surface area contributed by atoms with Crippen molar-refractivity contribution in [3.63, 3.8) is 0 Å². The molecule has 1 fully saturated rings. The third-order valence-electron chi connectivity index (χ3n) is 7.28. The molecule has 0 atom stereocenters. The molecular weight excluding hydrogens is 592 g/mol. The molecule has 2 heterocycles. The molecule has 1 amide bonds. The van der Waals surface area contributed by atoms with Crippen LogP contribution in [0.3, 0.4) is 0 Å². The molecule has 1 saturated heterocycles. The lowest BCUT2D eigenvalue weighted by Gasteiger charge is -2.16. The molecule has 8 nitrogen and oxygen atoms in total. The first kappa shape index (κ1) is 31.7. The van der Waals surface area contributed by atoms with Crippen LogP contribution in [0.2, 0.25) is 0 Å². The van der Waals surface area contributed by atoms with Gasteiger partial charge in [0.1, 0.15) is 5.75 Å². The fourth-order valence-corrected chi connectivity index (χ4v) is 4.98. The van der Waals surface area contributed by atoms with Gasteiger partial charge in [-0.05, 0) is 79.9 Å². The highest BCUT2D eigenvalue weighted by atomic mass is 19.4. The minimum absolute atomic E-state index is 0.0480. The monoisotopic (exact) mass is 624 g/mol. The third kappa shape index (κ3) is 8.48. The number of hydrazone groups is 1. The normalized spacial score (nSPS) is 13.8. The molecule has 45 heavy (non-hydrogen) atoms. The van der Waals surface area contributed by atoms with Crippen molar-refractivity contribution in [1.29, 1.82) is 0 Å². The Morgan fingerprint density at radius 3 is 2.49 bits per heavy atom. The molecule has 0 radical (unpaired) electrons. The van der Waals surface area contributed by atoms with Crippen LogP contribution in [-0.4, -0.2) is 55.4 Å². The second-order valence-corrected chi connectivity index (χ2v) is 10.5. The third-order valence-corrected chi connectivity index (χ3v) is 7.28. The van der Waals surface area contributed by atoms with Crippen molar-refractivity contribution in [3.8, 4) is 23.0 Å². The molecule has 1 aliphatic heterocycles. The van der Waals surface area contributed by atoms with E-state index in [0.717, 1.165) is 38.2 Å². The van der Waals surface area contributed by atoms with Crippen molar-refractivity contribution in [1.82, 2.24) is 15.3 Å². The average molecular weight is 625 g/mol. The van der Waals surface area contributed by atoms with Gasteiger partial charge in [-0.25, -0.2) is 9.82 Å². The molecule has 0 saturated carbocycles. The maximum Gasteiger partial charge on any atom is 0.416 e. The van der Waals surface area contributed by atoms with Gasteiger partial charge >= 0.3 is 6.18 Å². The van der Waals surface area contributed by atoms with Gasteiger partial charge in [-0.2, -0.15) is 18.3 Å². The molecule has 1 aromatic heterocycles. The number of carbonyl (C=O) groups is 1. The van der Waals surface area contributed by atoms with Gasteiger partial charge in [-0.15, -0.1) is 0 Å². The summed E-state index contributed by atoms with van der Waals surface area (Å²) < 4.78 is 70.6. The number of methoxy groups -OCH3 is 1. The van der Waals surface area contributed by atoms with Crippen molar-refractivity contribution in [2.24, 2.45) is 5.10 Å². The first-order valence-electron chi connectivity index (χ1n) is 14.5. The van der Waals surface area contributed by atoms with Crippen LogP contribution >= 0.6 is 0 Å². The molecule has 0 aliphatic carbocycles. The van der Waals surface area contributed by atoms with E-state index in [1.54, 1.807) is 37.6 Å². The summed E-state index contributed by atoms with van der Waals surface area (Å²) in [7, 11) is 1.55. The summed E-state index contributed by atoms with van der Waals surface area (Å²) in [6, 6.07) is 13.6. The largest absolute Gasteiger partial charge is 0.493 e. The number of halogens is 4. The highest BCUT2D eigenvalue weighted by Gasteiger charge is 2.29. The zero-order valence-corrected chi connectivity index (χ0v) is 24.6. The summed E-state index contributed by atoms with van der Waals surface area (Å²) in [6.07, 6.45) is 1.54. The molecule has 4 aromatic rings. The lowest BCUT2D eigenvalue weighted by atomic mass is 10.1. The fraction of sp³-hybridized carbons (Fsp3) is 0.303. The molecule has 1 aliphatic rings. The topological polar surface area (TPSA) is 85.3 Å². The van der Waals surface area contributed by atoms with Gasteiger partial charge in [0, 0.05) is 24.2 Å². The van der Waals surface area contributed by atoms with Crippen LogP contribution in [0.25, 0.3) is 10.9 Å². The SMILES string of the molecule is COc1cc2c(Oc3ccc(CC(=O)N/N=C/c4ccc(C(F)(F)F)cc4)cc3F)ccnc2cc1OCCCN1CCCC1. The molecule has 0 bridgehead atoms. The number of benzene rings is 3. The van der Waals surface area contributed by atoms with Gasteiger partial charge in [0.05, 0.1) is 37.4 Å². The molecule has 236 valence electrons. The standard InChI is InChI=1S/C33H32F4N4O4/c1-43-30-19-25-27(20-31(30)44-16-4-15-41-13-2-3-14-41)38-12-11-28(25)45-29-10-7-23(17-26(29)34)18-32(42)40-39-21-22-5-8-24(9-6-22)33(35,36)37/h5-12,17,19-21H,2-4,13-16,18H2,1H3,(H,40,42)/b39-21+. The van der Waals surface area contributed by atoms with Crippen molar-refractivity contribution >= 4 is 23.0 Å². The molecule has 1 N–H and O–H groups in total. The minimum Gasteiger partial charge on any atom is -0.493 e. The predicted molar refractivity (Wildman–Crippen MR) is 161 cm³/mol. The van der Waals surface area contributed by atoms with E-state index < -0.39 is 23.5 Å². The Balaban J connectivity index is 1.19. The van der Waals surface area contributed by atoms with Crippen LogP contribution in [0.1, 0.15) is 36.0 Å². The van der Waals surface area contributed by atoms with Gasteiger partial charge in [0.15, 0.2) is 23.1 Å². The predicted octanol–water partition coefficient (Wildman–Crippen LogP) is 6.75. The minimum atomic E-state index is -4.44. The number of nitrogens with one attached hydrogen (secondary N) is 1. The van der Waals surface area contributed by atoms with Crippen molar-refractivity contribution in [3.05, 3.63) is 89.4 Å². The number of alkyl halides is 3. The Bertz CT molecular complexity index is 1660. The number of carbonyl (C=O) groups excluding carboxylic acids is 1. The molecule has 0 unspecified atom stereocenters. The van der Waals surface area contributed by atoms with E-state index >= 15 is 4.39 Å². The van der Waals surface area contributed by atoms with Crippen molar-refractivity contribution in [2.45, 2.75) is 31.9 Å². The zero-order valence-electron chi connectivity index (χ0n) is 24.6. The summed E-state index contributed by atoms with van der Waals surface area (Å²) in [6.45, 7) is 3.80. The Hall–Kier alpha value is -4.71. The van der Waals surface area contributed by atoms with Crippen LogP contribution in [-0.2, 0) is 17.4 Å². The first-order chi connectivity index (χ1) is 21.7. The van der Waals surface area contributed by atoms with Gasteiger partial charge in [0.25, 0.3) is 0 Å². The molecule has 5 rings (SSSR count). The molecular formula is C33H32F4N4O4. The number of likely N-dealkylation sites (tertiary alicyclic amines) is 1. The van der Waals surface area contributed by atoms with Crippen LogP contribution in [0.5, 0.6) is 23.0 Å². The number of pyridine rings is 1. The quantitative estimate of drug-likeness (QED) is 0.0813. The number of ether oxygens (including phenoxy) is 3. The summed E-state index contributed by atoms with van der Waals surface area (Å²) >= 11 is 0. The second kappa shape index (κ2) is 14.4. The van der Waals surface area contributed by atoms with Crippen LogP contribution in [0, 0.1) is 5.82 Å². The number of nitrogens with zero attached hydrogens (tertiary/aromatic N) is 3.